The summed E-state index contributed by atoms with van der Waals surface area (Å²) in [7, 11) is 0. The Hall–Kier alpha value is -4.65. The van der Waals surface area contributed by atoms with Gasteiger partial charge in [0.2, 0.25) is 23.6 Å². The van der Waals surface area contributed by atoms with Crippen molar-refractivity contribution >= 4 is 29.6 Å². The maximum Gasteiger partial charge on any atom is 0.326 e. The molecule has 0 heterocycles. The van der Waals surface area contributed by atoms with Crippen LogP contribution in [-0.4, -0.2) is 69.1 Å². The number of carbonyl (C=O) groups is 5. The molecule has 0 saturated carbocycles. The van der Waals surface area contributed by atoms with Crippen molar-refractivity contribution in [2.75, 3.05) is 0 Å². The van der Waals surface area contributed by atoms with Crippen LogP contribution in [0.3, 0.4) is 0 Å². The van der Waals surface area contributed by atoms with Gasteiger partial charge >= 0.3 is 5.97 Å². The monoisotopic (exact) mass is 571 g/mol. The maximum absolute atomic E-state index is 13.3. The molecule has 0 aliphatic heterocycles. The second kappa shape index (κ2) is 15.2. The van der Waals surface area contributed by atoms with E-state index in [1.807, 2.05) is 6.92 Å². The number of rotatable bonds is 15. The summed E-state index contributed by atoms with van der Waals surface area (Å²) in [6.07, 6.45) is -0.218. The highest BCUT2D eigenvalue weighted by molar-refractivity contribution is 5.96. The minimum atomic E-state index is -1.45. The van der Waals surface area contributed by atoms with Crippen molar-refractivity contribution < 1.29 is 39.3 Å². The van der Waals surface area contributed by atoms with Crippen LogP contribution < -0.4 is 27.4 Å². The number of carboxylic acid groups (broad SMARTS) is 1. The summed E-state index contributed by atoms with van der Waals surface area (Å²) in [6, 6.07) is 6.42. The van der Waals surface area contributed by atoms with Gasteiger partial charge in [0.25, 0.3) is 0 Å². The highest BCUT2D eigenvalue weighted by atomic mass is 16.4. The molecule has 0 spiro atoms. The SMILES string of the molecule is CCC(C)C(N)C(=O)NC(CC(N)=O)C(=O)NC(Cc1ccc(O)cc1)C(=O)NC(Cc1ccc(O)cc1)C(=O)O. The van der Waals surface area contributed by atoms with Gasteiger partial charge in [-0.1, -0.05) is 44.5 Å². The van der Waals surface area contributed by atoms with E-state index in [9.17, 15) is 39.3 Å². The van der Waals surface area contributed by atoms with Crippen LogP contribution in [0.5, 0.6) is 11.5 Å². The molecule has 0 fully saturated rings. The molecular weight excluding hydrogens is 534 g/mol. The second-order valence-corrected chi connectivity index (χ2v) is 9.84. The third kappa shape index (κ3) is 10.4. The predicted molar refractivity (Wildman–Crippen MR) is 148 cm³/mol. The van der Waals surface area contributed by atoms with E-state index in [4.69, 9.17) is 11.5 Å². The smallest absolute Gasteiger partial charge is 0.326 e. The summed E-state index contributed by atoms with van der Waals surface area (Å²) < 4.78 is 0. The van der Waals surface area contributed by atoms with Gasteiger partial charge in [-0.25, -0.2) is 4.79 Å². The number of phenolic OH excluding ortho intramolecular Hbond substituents is 2. The average Bonchev–Trinajstić information content (AvgIpc) is 2.92. The first-order valence-electron chi connectivity index (χ1n) is 13.0. The highest BCUT2D eigenvalue weighted by Crippen LogP contribution is 2.14. The maximum atomic E-state index is 13.3. The molecule has 13 heteroatoms. The number of primary amides is 1. The van der Waals surface area contributed by atoms with E-state index >= 15 is 0 Å². The molecule has 0 aliphatic rings. The molecule has 5 atom stereocenters. The summed E-state index contributed by atoms with van der Waals surface area (Å²) in [6.45, 7) is 3.59. The molecule has 10 N–H and O–H groups in total. The Kier molecular flexibility index (Phi) is 12.1. The Balaban J connectivity index is 2.29. The Morgan fingerprint density at radius 2 is 1.15 bits per heavy atom. The van der Waals surface area contributed by atoms with Gasteiger partial charge in [-0.05, 0) is 41.3 Å². The average molecular weight is 572 g/mol. The minimum absolute atomic E-state index is 0.0101. The van der Waals surface area contributed by atoms with E-state index in [0.717, 1.165) is 0 Å². The lowest BCUT2D eigenvalue weighted by molar-refractivity contribution is -0.142. The van der Waals surface area contributed by atoms with Gasteiger partial charge in [0, 0.05) is 12.8 Å². The second-order valence-electron chi connectivity index (χ2n) is 9.84. The molecule has 5 unspecified atom stereocenters. The summed E-state index contributed by atoms with van der Waals surface area (Å²) in [5, 5.41) is 36.1. The lowest BCUT2D eigenvalue weighted by atomic mass is 9.98. The molecular formula is C28H37N5O8. The quantitative estimate of drug-likeness (QED) is 0.140. The summed E-state index contributed by atoms with van der Waals surface area (Å²) in [4.78, 5) is 62.9. The van der Waals surface area contributed by atoms with Gasteiger partial charge in [-0.2, -0.15) is 0 Å². The standard InChI is InChI=1S/C28H37N5O8/c1-3-15(2)24(30)27(39)32-21(14-23(29)36)26(38)31-20(12-16-4-8-18(34)9-5-16)25(37)33-22(28(40)41)13-17-6-10-19(35)11-7-17/h4-11,15,20-22,24,34-35H,3,12-14,30H2,1-2H3,(H2,29,36)(H,31,38)(H,32,39)(H,33,37)(H,40,41). The number of aromatic hydroxyl groups is 2. The van der Waals surface area contributed by atoms with Gasteiger partial charge in [-0.15, -0.1) is 0 Å². The molecule has 0 saturated heterocycles. The zero-order valence-electron chi connectivity index (χ0n) is 22.9. The molecule has 0 bridgehead atoms. The van der Waals surface area contributed by atoms with Crippen molar-refractivity contribution in [3.8, 4) is 11.5 Å². The van der Waals surface area contributed by atoms with E-state index < -0.39 is 60.2 Å². The van der Waals surface area contributed by atoms with Crippen LogP contribution in [0.2, 0.25) is 0 Å². The minimum Gasteiger partial charge on any atom is -0.508 e. The molecule has 4 amide bonds. The first kappa shape index (κ1) is 32.6. The van der Waals surface area contributed by atoms with Crippen molar-refractivity contribution in [3.63, 3.8) is 0 Å². The van der Waals surface area contributed by atoms with Crippen LogP contribution in [0, 0.1) is 5.92 Å². The van der Waals surface area contributed by atoms with Crippen molar-refractivity contribution in [2.24, 2.45) is 17.4 Å². The lowest BCUT2D eigenvalue weighted by Crippen LogP contribution is -2.58. The van der Waals surface area contributed by atoms with Crippen LogP contribution in [-0.2, 0) is 36.8 Å². The Labute approximate surface area is 237 Å². The van der Waals surface area contributed by atoms with Gasteiger partial charge in [0.15, 0.2) is 0 Å². The Morgan fingerprint density at radius 3 is 1.59 bits per heavy atom. The Bertz CT molecular complexity index is 1220. The predicted octanol–water partition coefficient (Wildman–Crippen LogP) is -0.329. The lowest BCUT2D eigenvalue weighted by Gasteiger charge is -2.26. The van der Waals surface area contributed by atoms with Crippen molar-refractivity contribution in [1.82, 2.24) is 16.0 Å². The van der Waals surface area contributed by atoms with Crippen molar-refractivity contribution in [3.05, 3.63) is 59.7 Å². The third-order valence-corrected chi connectivity index (χ3v) is 6.60. The van der Waals surface area contributed by atoms with Crippen LogP contribution in [0.15, 0.2) is 48.5 Å². The van der Waals surface area contributed by atoms with E-state index in [-0.39, 0.29) is 30.3 Å². The van der Waals surface area contributed by atoms with Crippen molar-refractivity contribution in [2.45, 2.75) is 63.7 Å². The number of nitrogens with two attached hydrogens (primary N) is 2. The summed E-state index contributed by atoms with van der Waals surface area (Å²) >= 11 is 0. The first-order chi connectivity index (χ1) is 19.3. The summed E-state index contributed by atoms with van der Waals surface area (Å²) in [5.74, 6) is -4.91. The number of benzene rings is 2. The van der Waals surface area contributed by atoms with Gasteiger partial charge in [0.1, 0.15) is 29.6 Å². The van der Waals surface area contributed by atoms with E-state index in [1.165, 1.54) is 48.5 Å². The number of aliphatic carboxylic acids is 1. The number of hydrogen-bond donors (Lipinski definition) is 8. The fourth-order valence-corrected chi connectivity index (χ4v) is 3.88. The molecule has 2 aromatic carbocycles. The van der Waals surface area contributed by atoms with Crippen LogP contribution in [0.4, 0.5) is 0 Å². The normalized spacial score (nSPS) is 14.5. The molecule has 0 aromatic heterocycles. The number of carboxylic acids is 1. The van der Waals surface area contributed by atoms with Gasteiger partial charge in [0.05, 0.1) is 12.5 Å². The zero-order valence-corrected chi connectivity index (χ0v) is 22.9. The number of amides is 4. The largest absolute Gasteiger partial charge is 0.508 e. The number of carbonyl (C=O) groups excluding carboxylic acids is 4. The summed E-state index contributed by atoms with van der Waals surface area (Å²) in [5.41, 5.74) is 12.3. The van der Waals surface area contributed by atoms with Crippen molar-refractivity contribution in [1.29, 1.82) is 0 Å². The molecule has 41 heavy (non-hydrogen) atoms. The van der Waals surface area contributed by atoms with Crippen LogP contribution in [0.25, 0.3) is 0 Å². The Morgan fingerprint density at radius 1 is 0.732 bits per heavy atom. The number of phenols is 2. The van der Waals surface area contributed by atoms with Crippen LogP contribution in [0.1, 0.15) is 37.8 Å². The van der Waals surface area contributed by atoms with Gasteiger partial charge in [-0.3, -0.25) is 19.2 Å². The van der Waals surface area contributed by atoms with E-state index in [1.54, 1.807) is 6.92 Å². The van der Waals surface area contributed by atoms with Crippen LogP contribution >= 0.6 is 0 Å². The number of nitrogens with one attached hydrogen (secondary N) is 3. The molecule has 0 aliphatic carbocycles. The van der Waals surface area contributed by atoms with E-state index in [2.05, 4.69) is 16.0 Å². The molecule has 13 nitrogen and oxygen atoms in total. The molecule has 0 radical (unpaired) electrons. The number of hydrogen-bond acceptors (Lipinski definition) is 8. The highest BCUT2D eigenvalue weighted by Gasteiger charge is 2.32. The fourth-order valence-electron chi connectivity index (χ4n) is 3.88. The first-order valence-corrected chi connectivity index (χ1v) is 13.0. The zero-order chi connectivity index (χ0) is 30.7. The molecule has 2 aromatic rings. The third-order valence-electron chi connectivity index (χ3n) is 6.60. The topological polar surface area (TPSA) is 234 Å². The fraction of sp³-hybridized carbons (Fsp3) is 0.393. The molecule has 2 rings (SSSR count). The molecule has 222 valence electrons. The van der Waals surface area contributed by atoms with E-state index in [0.29, 0.717) is 17.5 Å². The van der Waals surface area contributed by atoms with Gasteiger partial charge < -0.3 is 42.7 Å².